The van der Waals surface area contributed by atoms with Crippen molar-refractivity contribution in [3.63, 3.8) is 0 Å². The van der Waals surface area contributed by atoms with Crippen molar-refractivity contribution in [2.24, 2.45) is 29.2 Å². The number of alkyl halides is 1. The number of halogens is 3. The van der Waals surface area contributed by atoms with Crippen LogP contribution in [0.1, 0.15) is 119 Å². The van der Waals surface area contributed by atoms with Gasteiger partial charge in [0.25, 0.3) is 0 Å². The molecule has 107 heavy (non-hydrogen) atoms. The summed E-state index contributed by atoms with van der Waals surface area (Å²) in [6.07, 6.45) is -2.98. The van der Waals surface area contributed by atoms with Gasteiger partial charge < -0.3 is 77.8 Å². The Hall–Kier alpha value is -10.3. The molecular weight excluding hydrogens is 1390 g/mol. The van der Waals surface area contributed by atoms with Crippen molar-refractivity contribution in [3.05, 3.63) is 137 Å². The number of hydrogen-bond donors (Lipinski definition) is 11. The number of hydrogen-bond acceptors (Lipinski definition) is 17. The van der Waals surface area contributed by atoms with Gasteiger partial charge in [0.1, 0.15) is 72.7 Å². The maximum absolute atomic E-state index is 16.2. The van der Waals surface area contributed by atoms with Gasteiger partial charge in [-0.1, -0.05) is 36.4 Å². The molecule has 5 heterocycles. The standard InChI is InChI=1S/C77H94F3N11O16/c1-42-65(95)33-49(30-51-39-84-60-22-17-53(79)37-59(51)60)70(99)87-63(32-47-14-13-46-15-16-52(78)36-58(46)47)75(104)90-40-54(80)38-64(90)73(102)89-68(43(2)93)74(103)88-62(29-45-9-18-56(106-4)19-10-45)76(105)91-26-7-23-77(91,3)66(96)34-48(69(82)98)28-44-11-20-57(21-12-44)107-27-25-83-67(97)35-50(31-55(94)41-92)71(100)86-61(72(101)85-42)8-5-6-24-81/h9-12,14-22,36-37,39,42-43,48-50,54,61-64,68,84,92-93H,5-8,13,23-35,38,40-41,81H2,1-4H3,(H2,82,98)(H,83,97)(H,85,101)(H,86,100)(H,87,99)(H,88,103)(H,89,102)/t42-,43-,48-,49-,50+,54+,61+,62+,63+,64+,68+,77+/m1/s1. The number of amides is 9. The molecule has 10 rings (SSSR count). The largest absolute Gasteiger partial charge is 0.497 e. The van der Waals surface area contributed by atoms with Gasteiger partial charge in [0.15, 0.2) is 17.3 Å². The Labute approximate surface area is 616 Å². The molecule has 9 amide bonds. The number of aromatic nitrogens is 1. The van der Waals surface area contributed by atoms with Crippen LogP contribution < -0.4 is 52.8 Å². The van der Waals surface area contributed by atoms with Crippen molar-refractivity contribution in [1.82, 2.24) is 46.7 Å². The minimum atomic E-state index is -1.90. The van der Waals surface area contributed by atoms with E-state index in [0.29, 0.717) is 68.6 Å². The van der Waals surface area contributed by atoms with Crippen LogP contribution >= 0.6 is 0 Å². The van der Waals surface area contributed by atoms with Gasteiger partial charge in [-0.05, 0) is 167 Å². The van der Waals surface area contributed by atoms with Crippen LogP contribution in [0.5, 0.6) is 11.5 Å². The van der Waals surface area contributed by atoms with Crippen LogP contribution in [0.4, 0.5) is 13.2 Å². The van der Waals surface area contributed by atoms with Crippen LogP contribution in [0.15, 0.2) is 97.2 Å². The third kappa shape index (κ3) is 20.8. The number of primary amides is 1. The average molecular weight is 1490 g/mol. The number of ether oxygens (including phenoxy) is 2. The lowest BCUT2D eigenvalue weighted by Crippen LogP contribution is -2.62. The highest BCUT2D eigenvalue weighted by molar-refractivity contribution is 6.01. The maximum atomic E-state index is 16.2. The number of unbranched alkanes of at least 4 members (excludes halogenated alkanes) is 1. The van der Waals surface area contributed by atoms with Crippen molar-refractivity contribution in [2.75, 3.05) is 46.5 Å². The third-order valence-corrected chi connectivity index (χ3v) is 20.5. The number of nitrogens with zero attached hydrogens (tertiary/aromatic N) is 2. The first-order valence-corrected chi connectivity index (χ1v) is 36.0. The molecule has 0 radical (unpaired) electrons. The Morgan fingerprint density at radius 3 is 2.16 bits per heavy atom. The van der Waals surface area contributed by atoms with Crippen LogP contribution in [-0.2, 0) is 83.2 Å². The van der Waals surface area contributed by atoms with Gasteiger partial charge in [0, 0.05) is 80.4 Å². The van der Waals surface area contributed by atoms with E-state index in [1.165, 1.54) is 62.4 Å². The van der Waals surface area contributed by atoms with Gasteiger partial charge >= 0.3 is 0 Å². The zero-order valence-corrected chi connectivity index (χ0v) is 60.2. The quantitative estimate of drug-likeness (QED) is 0.0633. The number of H-pyrrole nitrogens is 1. The molecule has 5 aliphatic rings. The van der Waals surface area contributed by atoms with Crippen molar-refractivity contribution in [3.8, 4) is 11.5 Å². The Morgan fingerprint density at radius 1 is 0.766 bits per heavy atom. The summed E-state index contributed by atoms with van der Waals surface area (Å²) in [5, 5.41) is 37.2. The second-order valence-corrected chi connectivity index (χ2v) is 28.3. The van der Waals surface area contributed by atoms with Crippen molar-refractivity contribution < 1.29 is 90.4 Å². The van der Waals surface area contributed by atoms with E-state index in [1.54, 1.807) is 67.6 Å². The zero-order valence-electron chi connectivity index (χ0n) is 60.2. The number of benzene rings is 4. The minimum absolute atomic E-state index is 0.0145. The molecule has 1 aromatic heterocycles. The lowest BCUT2D eigenvalue weighted by molar-refractivity contribution is -0.147. The Bertz CT molecular complexity index is 4150. The fourth-order valence-corrected chi connectivity index (χ4v) is 14.3. The fraction of sp³-hybridized carbons (Fsp3) is 0.481. The number of ketones is 3. The van der Waals surface area contributed by atoms with E-state index in [-0.39, 0.29) is 71.2 Å². The first kappa shape index (κ1) is 80.8. The molecule has 2 saturated heterocycles. The molecule has 0 spiro atoms. The number of fused-ring (bicyclic) bond motifs is 32. The molecule has 2 bridgehead atoms. The topological polar surface area (TPSA) is 410 Å². The number of aromatic amines is 1. The minimum Gasteiger partial charge on any atom is -0.497 e. The SMILES string of the molecule is COc1ccc(C[C@@H]2NC(=O)[C@H]([C@@H](C)O)NC(=O)[C@@H]3C[C@H](F)CN3C(=O)[C@H](CC3=CCc4ccc(F)cc43)NC(=O)[C@H](Cc3c[nH]c4ccc(F)cc34)CC(=O)[C@@H](C)NC(=O)[C@H](CCCCN)NC(=O)[C@@H](CC(=O)CO)CC(=O)NCCOc3ccc(cc3)C[C@@H](C(N)=O)CC(=O)[C@]3(C)CCCN3C2=O)cc1. The van der Waals surface area contributed by atoms with Gasteiger partial charge in [-0.15, -0.1) is 0 Å². The molecule has 12 atom stereocenters. The summed E-state index contributed by atoms with van der Waals surface area (Å²) >= 11 is 0. The predicted octanol–water partition coefficient (Wildman–Crippen LogP) is 2.89. The second-order valence-electron chi connectivity index (χ2n) is 28.3. The molecule has 4 aromatic carbocycles. The molecule has 0 saturated carbocycles. The molecule has 13 N–H and O–H groups in total. The van der Waals surface area contributed by atoms with E-state index in [2.05, 4.69) is 36.9 Å². The number of rotatable bonds is 16. The Balaban J connectivity index is 1.07. The van der Waals surface area contributed by atoms with E-state index in [0.717, 1.165) is 4.90 Å². The summed E-state index contributed by atoms with van der Waals surface area (Å²) in [4.78, 5) is 178. The van der Waals surface area contributed by atoms with Gasteiger partial charge in [-0.2, -0.15) is 0 Å². The summed E-state index contributed by atoms with van der Waals surface area (Å²) in [5.41, 5.74) is 13.5. The molecule has 30 heteroatoms. The number of nitrogens with two attached hydrogens (primary N) is 2. The molecular formula is C77H94F3N11O16. The predicted molar refractivity (Wildman–Crippen MR) is 385 cm³/mol. The first-order valence-electron chi connectivity index (χ1n) is 36.0. The van der Waals surface area contributed by atoms with Gasteiger partial charge in [-0.25, -0.2) is 13.2 Å². The van der Waals surface area contributed by atoms with E-state index in [4.69, 9.17) is 20.9 Å². The maximum Gasteiger partial charge on any atom is 0.246 e. The molecule has 27 nitrogen and oxygen atoms in total. The smallest absolute Gasteiger partial charge is 0.246 e. The number of carbonyl (C=O) groups is 12. The van der Waals surface area contributed by atoms with Crippen LogP contribution in [0, 0.1) is 29.4 Å². The average Bonchev–Trinajstić information content (AvgIpc) is 1.68. The molecule has 1 aliphatic carbocycles. The van der Waals surface area contributed by atoms with Gasteiger partial charge in [0.05, 0.1) is 43.8 Å². The van der Waals surface area contributed by atoms with Gasteiger partial charge in [-0.3, -0.25) is 57.5 Å². The number of allylic oxidation sites excluding steroid dienone is 1. The Kier molecular flexibility index (Phi) is 27.8. The number of aliphatic hydroxyl groups is 2. The lowest BCUT2D eigenvalue weighted by Gasteiger charge is -2.37. The number of aliphatic hydroxyl groups excluding tert-OH is 2. The molecule has 2 fully saturated rings. The zero-order chi connectivity index (χ0) is 77.4. The molecule has 574 valence electrons. The van der Waals surface area contributed by atoms with Crippen LogP contribution in [-0.4, -0.2) is 196 Å². The monoisotopic (exact) mass is 1490 g/mol. The van der Waals surface area contributed by atoms with E-state index in [9.17, 15) is 53.4 Å². The van der Waals surface area contributed by atoms with E-state index >= 15 is 27.6 Å². The summed E-state index contributed by atoms with van der Waals surface area (Å²) in [6, 6.07) is 11.2. The number of methoxy groups -OCH3 is 1. The highest BCUT2D eigenvalue weighted by Crippen LogP contribution is 2.36. The summed E-state index contributed by atoms with van der Waals surface area (Å²) in [5.74, 6) is -14.8. The lowest BCUT2D eigenvalue weighted by atomic mass is 9.84. The molecule has 4 aliphatic heterocycles. The molecule has 5 aromatic rings. The van der Waals surface area contributed by atoms with E-state index in [1.807, 2.05) is 0 Å². The third-order valence-electron chi connectivity index (χ3n) is 20.5. The van der Waals surface area contributed by atoms with Crippen molar-refractivity contribution in [1.29, 1.82) is 0 Å². The number of nitrogens with one attached hydrogen (secondary N) is 7. The first-order chi connectivity index (χ1) is 51.1. The Morgan fingerprint density at radius 2 is 1.46 bits per heavy atom. The van der Waals surface area contributed by atoms with E-state index < -0.39 is 206 Å². The fourth-order valence-electron chi connectivity index (χ4n) is 14.3. The summed E-state index contributed by atoms with van der Waals surface area (Å²) in [7, 11) is 1.45. The van der Waals surface area contributed by atoms with Crippen LogP contribution in [0.3, 0.4) is 0 Å². The van der Waals surface area contributed by atoms with Gasteiger partial charge in [0.2, 0.25) is 53.2 Å². The van der Waals surface area contributed by atoms with Crippen LogP contribution in [0.25, 0.3) is 16.5 Å². The molecule has 0 unspecified atom stereocenters. The van der Waals surface area contributed by atoms with Crippen molar-refractivity contribution in [2.45, 2.75) is 171 Å². The number of carbonyl (C=O) groups excluding carboxylic acids is 12. The van der Waals surface area contributed by atoms with Crippen LogP contribution in [0.2, 0.25) is 0 Å². The van der Waals surface area contributed by atoms with Crippen molar-refractivity contribution >= 4 is 87.0 Å². The summed E-state index contributed by atoms with van der Waals surface area (Å²) in [6.45, 7) is 2.35. The second kappa shape index (κ2) is 36.8. The highest BCUT2D eigenvalue weighted by atomic mass is 19.1. The highest BCUT2D eigenvalue weighted by Gasteiger charge is 2.49. The summed E-state index contributed by atoms with van der Waals surface area (Å²) < 4.78 is 57.5. The normalized spacial score (nSPS) is 25.6. The number of Topliss-reactive ketones (excluding diaryl/α,β-unsaturated/α-hetero) is 3.